The zero-order valence-corrected chi connectivity index (χ0v) is 16.8. The van der Waals surface area contributed by atoms with Gasteiger partial charge in [-0.2, -0.15) is 0 Å². The number of hydrogen-bond donors (Lipinski definition) is 1. The number of carboxylic acids is 1. The summed E-state index contributed by atoms with van der Waals surface area (Å²) in [5, 5.41) is 21.2. The van der Waals surface area contributed by atoms with Crippen molar-refractivity contribution in [3.8, 4) is 0 Å². The molecule has 1 N–H and O–H groups in total. The molecular formula is C21H41NO3. The average molecular weight is 356 g/mol. The molecular weight excluding hydrogens is 314 g/mol. The van der Waals surface area contributed by atoms with Crippen LogP contribution in [-0.4, -0.2) is 47.8 Å². The van der Waals surface area contributed by atoms with Gasteiger partial charge in [0, 0.05) is 5.97 Å². The molecule has 0 amide bonds. The van der Waals surface area contributed by atoms with Crippen LogP contribution in [0.1, 0.15) is 85.0 Å². The maximum absolute atomic E-state index is 10.7. The first kappa shape index (κ1) is 24.1. The molecule has 0 aromatic rings. The van der Waals surface area contributed by atoms with Crippen LogP contribution in [0.5, 0.6) is 0 Å². The van der Waals surface area contributed by atoms with Gasteiger partial charge in [-0.3, -0.25) is 0 Å². The standard InChI is InChI=1S/C21H41NO3/c1-4-7-10-11-14-20(23)19-22(16-8-5-2,17-9-6-3)18-13-12-15-21(24)25/h7,10,20,23H,4-6,8-9,11-19H2,1-3H3/b10-7+. The molecule has 0 saturated heterocycles. The first-order valence-corrected chi connectivity index (χ1v) is 10.4. The van der Waals surface area contributed by atoms with Gasteiger partial charge in [-0.25, -0.2) is 0 Å². The van der Waals surface area contributed by atoms with Gasteiger partial charge in [0.1, 0.15) is 12.6 Å². The van der Waals surface area contributed by atoms with Crippen molar-refractivity contribution in [3.05, 3.63) is 12.2 Å². The predicted octanol–water partition coefficient (Wildman–Crippen LogP) is 3.43. The zero-order chi connectivity index (χ0) is 19.0. The average Bonchev–Trinajstić information content (AvgIpc) is 2.58. The lowest BCUT2D eigenvalue weighted by molar-refractivity contribution is -0.931. The van der Waals surface area contributed by atoms with Crippen LogP contribution >= 0.6 is 0 Å². The maximum atomic E-state index is 10.7. The molecule has 0 bridgehead atoms. The normalized spacial score (nSPS) is 13.4. The number of nitrogens with zero attached hydrogens (tertiary/aromatic N) is 1. The smallest absolute Gasteiger partial charge is 0.105 e. The van der Waals surface area contributed by atoms with Gasteiger partial charge in [0.05, 0.1) is 19.6 Å². The lowest BCUT2D eigenvalue weighted by Crippen LogP contribution is -2.54. The highest BCUT2D eigenvalue weighted by atomic mass is 16.4. The number of carbonyl (C=O) groups excluding carboxylic acids is 1. The summed E-state index contributed by atoms with van der Waals surface area (Å²) in [7, 11) is 0. The summed E-state index contributed by atoms with van der Waals surface area (Å²) in [6, 6.07) is 0. The van der Waals surface area contributed by atoms with Crippen LogP contribution in [0.25, 0.3) is 0 Å². The topological polar surface area (TPSA) is 60.4 Å². The van der Waals surface area contributed by atoms with Gasteiger partial charge in [-0.05, 0) is 51.4 Å². The number of hydrogen-bond acceptors (Lipinski definition) is 3. The Labute approximate surface area is 155 Å². The Bertz CT molecular complexity index is 347. The molecule has 4 nitrogen and oxygen atoms in total. The fraction of sp³-hybridized carbons (Fsp3) is 0.857. The second kappa shape index (κ2) is 15.4. The van der Waals surface area contributed by atoms with Crippen LogP contribution < -0.4 is 5.11 Å². The molecule has 0 spiro atoms. The Morgan fingerprint density at radius 1 is 1.00 bits per heavy atom. The van der Waals surface area contributed by atoms with Crippen LogP contribution in [0.2, 0.25) is 0 Å². The van der Waals surface area contributed by atoms with Crippen molar-refractivity contribution >= 4 is 5.97 Å². The summed E-state index contributed by atoms with van der Waals surface area (Å²) in [5.74, 6) is -0.956. The highest BCUT2D eigenvalue weighted by Crippen LogP contribution is 2.18. The van der Waals surface area contributed by atoms with Gasteiger partial charge in [0.2, 0.25) is 0 Å². The summed E-state index contributed by atoms with van der Waals surface area (Å²) in [6.45, 7) is 10.5. The molecule has 148 valence electrons. The molecule has 0 aromatic carbocycles. The van der Waals surface area contributed by atoms with E-state index in [0.717, 1.165) is 82.0 Å². The van der Waals surface area contributed by atoms with Crippen molar-refractivity contribution in [3.63, 3.8) is 0 Å². The number of aliphatic hydroxyl groups is 1. The zero-order valence-electron chi connectivity index (χ0n) is 16.8. The molecule has 1 unspecified atom stereocenters. The summed E-state index contributed by atoms with van der Waals surface area (Å²) in [6.07, 6.45) is 13.2. The van der Waals surface area contributed by atoms with Crippen LogP contribution in [-0.2, 0) is 4.79 Å². The van der Waals surface area contributed by atoms with E-state index in [2.05, 4.69) is 32.9 Å². The number of allylic oxidation sites excluding steroid dienone is 2. The third-order valence-electron chi connectivity index (χ3n) is 4.90. The Morgan fingerprint density at radius 3 is 2.12 bits per heavy atom. The van der Waals surface area contributed by atoms with E-state index in [0.29, 0.717) is 6.42 Å². The molecule has 0 aliphatic rings. The molecule has 0 saturated carbocycles. The van der Waals surface area contributed by atoms with Gasteiger partial charge >= 0.3 is 0 Å². The number of aliphatic carboxylic acids is 1. The summed E-state index contributed by atoms with van der Waals surface area (Å²) < 4.78 is 0.938. The Kier molecular flexibility index (Phi) is 14.9. The first-order valence-electron chi connectivity index (χ1n) is 10.4. The Hall–Kier alpha value is -0.870. The van der Waals surface area contributed by atoms with Crippen LogP contribution in [0, 0.1) is 0 Å². The van der Waals surface area contributed by atoms with Crippen molar-refractivity contribution in [2.45, 2.75) is 91.1 Å². The minimum Gasteiger partial charge on any atom is -0.550 e. The summed E-state index contributed by atoms with van der Waals surface area (Å²) in [5.41, 5.74) is 0. The Balaban J connectivity index is 4.76. The maximum Gasteiger partial charge on any atom is 0.105 e. The second-order valence-corrected chi connectivity index (χ2v) is 7.34. The number of carbonyl (C=O) groups is 1. The number of carboxylic acid groups (broad SMARTS) is 1. The first-order chi connectivity index (χ1) is 12.0. The summed E-state index contributed by atoms with van der Waals surface area (Å²) >= 11 is 0. The minimum absolute atomic E-state index is 0.145. The van der Waals surface area contributed by atoms with Crippen molar-refractivity contribution in [1.82, 2.24) is 0 Å². The quantitative estimate of drug-likeness (QED) is 0.247. The lowest BCUT2D eigenvalue weighted by Gasteiger charge is -2.40. The fourth-order valence-electron chi connectivity index (χ4n) is 3.42. The molecule has 0 heterocycles. The largest absolute Gasteiger partial charge is 0.550 e. The van der Waals surface area contributed by atoms with Gasteiger partial charge in [-0.1, -0.05) is 45.8 Å². The van der Waals surface area contributed by atoms with Gasteiger partial charge < -0.3 is 19.5 Å². The van der Waals surface area contributed by atoms with Crippen molar-refractivity contribution in [2.24, 2.45) is 0 Å². The van der Waals surface area contributed by atoms with Gasteiger partial charge in [0.25, 0.3) is 0 Å². The van der Waals surface area contributed by atoms with E-state index in [4.69, 9.17) is 0 Å². The van der Waals surface area contributed by atoms with Crippen molar-refractivity contribution < 1.29 is 19.5 Å². The van der Waals surface area contributed by atoms with E-state index in [1.165, 1.54) is 0 Å². The highest BCUT2D eigenvalue weighted by Gasteiger charge is 2.28. The van der Waals surface area contributed by atoms with E-state index in [1.54, 1.807) is 0 Å². The van der Waals surface area contributed by atoms with Gasteiger partial charge in [0.15, 0.2) is 0 Å². The molecule has 0 aliphatic heterocycles. The number of rotatable bonds is 17. The van der Waals surface area contributed by atoms with E-state index in [1.807, 2.05) is 0 Å². The van der Waals surface area contributed by atoms with E-state index < -0.39 is 5.97 Å². The molecule has 0 aromatic heterocycles. The molecule has 0 radical (unpaired) electrons. The minimum atomic E-state index is -0.956. The van der Waals surface area contributed by atoms with Crippen LogP contribution in [0.3, 0.4) is 0 Å². The monoisotopic (exact) mass is 355 g/mol. The van der Waals surface area contributed by atoms with E-state index in [9.17, 15) is 15.0 Å². The molecule has 0 aliphatic carbocycles. The second-order valence-electron chi connectivity index (χ2n) is 7.34. The third-order valence-corrected chi connectivity index (χ3v) is 4.90. The summed E-state index contributed by atoms with van der Waals surface area (Å²) in [4.78, 5) is 10.7. The van der Waals surface area contributed by atoms with E-state index in [-0.39, 0.29) is 12.5 Å². The lowest BCUT2D eigenvalue weighted by atomic mass is 10.1. The molecule has 0 rings (SSSR count). The number of unbranched alkanes of at least 4 members (excludes halogenated alkanes) is 3. The molecule has 0 fully saturated rings. The molecule has 4 heteroatoms. The Morgan fingerprint density at radius 2 is 1.60 bits per heavy atom. The predicted molar refractivity (Wildman–Crippen MR) is 103 cm³/mol. The van der Waals surface area contributed by atoms with Crippen LogP contribution in [0.15, 0.2) is 12.2 Å². The van der Waals surface area contributed by atoms with Crippen LogP contribution in [0.4, 0.5) is 0 Å². The number of quaternary nitrogens is 1. The highest BCUT2D eigenvalue weighted by molar-refractivity contribution is 5.64. The molecule has 25 heavy (non-hydrogen) atoms. The van der Waals surface area contributed by atoms with Gasteiger partial charge in [-0.15, -0.1) is 0 Å². The van der Waals surface area contributed by atoms with Crippen molar-refractivity contribution in [2.75, 3.05) is 26.2 Å². The third kappa shape index (κ3) is 13.1. The van der Waals surface area contributed by atoms with Crippen molar-refractivity contribution in [1.29, 1.82) is 0 Å². The number of aliphatic hydroxyl groups excluding tert-OH is 1. The fourth-order valence-corrected chi connectivity index (χ4v) is 3.42. The SMILES string of the molecule is CC/C=C/CCC(O)C[N+](CCCC)(CCCC)CCCCC(=O)[O-]. The molecule has 1 atom stereocenters. The van der Waals surface area contributed by atoms with E-state index >= 15 is 0 Å².